The van der Waals surface area contributed by atoms with Crippen LogP contribution in [0, 0.1) is 0 Å². The van der Waals surface area contributed by atoms with Crippen LogP contribution in [-0.2, 0) is 26.0 Å². The van der Waals surface area contributed by atoms with Crippen molar-refractivity contribution in [2.45, 2.75) is 20.3 Å². The summed E-state index contributed by atoms with van der Waals surface area (Å²) in [6.07, 6.45) is 0.127. The van der Waals surface area contributed by atoms with Gasteiger partial charge in [0.1, 0.15) is 0 Å². The highest BCUT2D eigenvalue weighted by Crippen LogP contribution is 2.15. The molecule has 0 aliphatic carbocycles. The first-order valence-corrected chi connectivity index (χ1v) is 8.81. The van der Waals surface area contributed by atoms with Gasteiger partial charge in [-0.2, -0.15) is 0 Å². The van der Waals surface area contributed by atoms with Gasteiger partial charge in [-0.3, -0.25) is 4.79 Å². The van der Waals surface area contributed by atoms with Crippen molar-refractivity contribution in [2.75, 3.05) is 30.8 Å². The Balaban J connectivity index is 2.39. The summed E-state index contributed by atoms with van der Waals surface area (Å²) in [6, 6.07) is 0. The standard InChI is InChI=1S/C11H19N3O4S2/c1-3-13-20(16,17)6-5-12-11-14-9(8-19-11)7-10(15)18-4-2/h8,13H,3-7H2,1-2H3,(H,12,14). The zero-order chi connectivity index (χ0) is 15.0. The van der Waals surface area contributed by atoms with E-state index in [1.54, 1.807) is 19.2 Å². The second-order valence-corrected chi connectivity index (χ2v) is 6.65. The van der Waals surface area contributed by atoms with Gasteiger partial charge in [0.15, 0.2) is 5.13 Å². The highest BCUT2D eigenvalue weighted by molar-refractivity contribution is 7.89. The maximum absolute atomic E-state index is 11.4. The Bertz CT molecular complexity index is 528. The average molecular weight is 321 g/mol. The maximum Gasteiger partial charge on any atom is 0.311 e. The van der Waals surface area contributed by atoms with E-state index in [-0.39, 0.29) is 24.7 Å². The first-order valence-electron chi connectivity index (χ1n) is 6.28. The van der Waals surface area contributed by atoms with E-state index in [0.29, 0.717) is 24.0 Å². The topological polar surface area (TPSA) is 97.4 Å². The Labute approximate surface area is 122 Å². The van der Waals surface area contributed by atoms with Gasteiger partial charge in [0.25, 0.3) is 0 Å². The number of rotatable bonds is 9. The fourth-order valence-corrected chi connectivity index (χ4v) is 3.11. The van der Waals surface area contributed by atoms with Crippen LogP contribution in [0.3, 0.4) is 0 Å². The predicted octanol–water partition coefficient (Wildman–Crippen LogP) is 0.600. The van der Waals surface area contributed by atoms with Crippen molar-refractivity contribution in [2.24, 2.45) is 0 Å². The monoisotopic (exact) mass is 321 g/mol. The fourth-order valence-electron chi connectivity index (χ4n) is 1.41. The number of nitrogens with zero attached hydrogens (tertiary/aromatic N) is 1. The molecule has 2 N–H and O–H groups in total. The van der Waals surface area contributed by atoms with E-state index in [2.05, 4.69) is 15.0 Å². The average Bonchev–Trinajstić information content (AvgIpc) is 2.76. The van der Waals surface area contributed by atoms with Crippen LogP contribution in [0.5, 0.6) is 0 Å². The molecule has 9 heteroatoms. The molecule has 0 saturated carbocycles. The van der Waals surface area contributed by atoms with Crippen LogP contribution in [0.2, 0.25) is 0 Å². The van der Waals surface area contributed by atoms with Crippen molar-refractivity contribution in [3.8, 4) is 0 Å². The molecular formula is C11H19N3O4S2. The van der Waals surface area contributed by atoms with E-state index in [1.807, 2.05) is 0 Å². The number of hydrogen-bond donors (Lipinski definition) is 2. The van der Waals surface area contributed by atoms with Gasteiger partial charge in [-0.25, -0.2) is 18.1 Å². The highest BCUT2D eigenvalue weighted by atomic mass is 32.2. The van der Waals surface area contributed by atoms with E-state index in [9.17, 15) is 13.2 Å². The summed E-state index contributed by atoms with van der Waals surface area (Å²) in [6.45, 7) is 4.46. The lowest BCUT2D eigenvalue weighted by Gasteiger charge is -2.04. The molecule has 0 saturated heterocycles. The van der Waals surface area contributed by atoms with Gasteiger partial charge < -0.3 is 10.1 Å². The van der Waals surface area contributed by atoms with Gasteiger partial charge >= 0.3 is 5.97 Å². The minimum atomic E-state index is -3.23. The minimum absolute atomic E-state index is 0.0202. The number of anilines is 1. The predicted molar refractivity (Wildman–Crippen MR) is 78.4 cm³/mol. The molecule has 7 nitrogen and oxygen atoms in total. The molecule has 1 rings (SSSR count). The highest BCUT2D eigenvalue weighted by Gasteiger charge is 2.10. The molecule has 1 heterocycles. The molecule has 0 radical (unpaired) electrons. The summed E-state index contributed by atoms with van der Waals surface area (Å²) < 4.78 is 30.1. The lowest BCUT2D eigenvalue weighted by Crippen LogP contribution is -2.29. The van der Waals surface area contributed by atoms with E-state index in [1.165, 1.54) is 11.3 Å². The molecule has 0 bridgehead atoms. The third kappa shape index (κ3) is 6.31. The van der Waals surface area contributed by atoms with E-state index < -0.39 is 10.0 Å². The largest absolute Gasteiger partial charge is 0.466 e. The molecule has 0 spiro atoms. The van der Waals surface area contributed by atoms with Crippen LogP contribution >= 0.6 is 11.3 Å². The molecule has 1 aromatic rings. The molecule has 0 amide bonds. The number of nitrogens with one attached hydrogen (secondary N) is 2. The Kier molecular flexibility index (Phi) is 6.89. The zero-order valence-electron chi connectivity index (χ0n) is 11.5. The summed E-state index contributed by atoms with van der Waals surface area (Å²) in [5, 5.41) is 5.26. The van der Waals surface area contributed by atoms with Crippen LogP contribution in [-0.4, -0.2) is 44.8 Å². The van der Waals surface area contributed by atoms with Gasteiger partial charge in [0.2, 0.25) is 10.0 Å². The summed E-state index contributed by atoms with van der Waals surface area (Å²) >= 11 is 1.33. The van der Waals surface area contributed by atoms with Gasteiger partial charge in [0, 0.05) is 18.5 Å². The summed E-state index contributed by atoms with van der Waals surface area (Å²) in [5.41, 5.74) is 0.616. The molecule has 0 unspecified atom stereocenters. The molecule has 20 heavy (non-hydrogen) atoms. The summed E-state index contributed by atoms with van der Waals surface area (Å²) in [5.74, 6) is -0.341. The first kappa shape index (κ1) is 16.9. The first-order chi connectivity index (χ1) is 9.46. The second-order valence-electron chi connectivity index (χ2n) is 3.87. The summed E-state index contributed by atoms with van der Waals surface area (Å²) in [7, 11) is -3.23. The Morgan fingerprint density at radius 3 is 2.85 bits per heavy atom. The number of thiazole rings is 1. The number of hydrogen-bond acceptors (Lipinski definition) is 7. The van der Waals surface area contributed by atoms with Crippen molar-refractivity contribution in [3.63, 3.8) is 0 Å². The van der Waals surface area contributed by atoms with Crippen molar-refractivity contribution >= 4 is 32.5 Å². The second kappa shape index (κ2) is 8.18. The van der Waals surface area contributed by atoms with Crippen molar-refractivity contribution in [1.82, 2.24) is 9.71 Å². The molecule has 1 aromatic heterocycles. The fraction of sp³-hybridized carbons (Fsp3) is 0.636. The van der Waals surface area contributed by atoms with Crippen LogP contribution in [0.4, 0.5) is 5.13 Å². The van der Waals surface area contributed by atoms with Crippen LogP contribution in [0.1, 0.15) is 19.5 Å². The van der Waals surface area contributed by atoms with Crippen LogP contribution in [0.15, 0.2) is 5.38 Å². The lowest BCUT2D eigenvalue weighted by molar-refractivity contribution is -0.142. The zero-order valence-corrected chi connectivity index (χ0v) is 13.1. The van der Waals surface area contributed by atoms with Crippen molar-refractivity contribution in [1.29, 1.82) is 0 Å². The molecular weight excluding hydrogens is 302 g/mol. The number of esters is 1. The molecule has 0 aliphatic heterocycles. The maximum atomic E-state index is 11.4. The minimum Gasteiger partial charge on any atom is -0.466 e. The Hall–Kier alpha value is -1.19. The van der Waals surface area contributed by atoms with Crippen LogP contribution < -0.4 is 10.0 Å². The smallest absolute Gasteiger partial charge is 0.311 e. The van der Waals surface area contributed by atoms with Gasteiger partial charge in [-0.15, -0.1) is 11.3 Å². The molecule has 114 valence electrons. The van der Waals surface area contributed by atoms with Gasteiger partial charge in [-0.05, 0) is 6.92 Å². The Morgan fingerprint density at radius 1 is 1.45 bits per heavy atom. The van der Waals surface area contributed by atoms with Crippen LogP contribution in [0.25, 0.3) is 0 Å². The summed E-state index contributed by atoms with van der Waals surface area (Å²) in [4.78, 5) is 15.5. The number of ether oxygens (including phenoxy) is 1. The van der Waals surface area contributed by atoms with E-state index in [4.69, 9.17) is 4.74 Å². The van der Waals surface area contributed by atoms with Gasteiger partial charge in [0.05, 0.1) is 24.5 Å². The number of carbonyl (C=O) groups is 1. The third-order valence-electron chi connectivity index (χ3n) is 2.19. The van der Waals surface area contributed by atoms with Gasteiger partial charge in [-0.1, -0.05) is 6.92 Å². The number of carbonyl (C=O) groups excluding carboxylic acids is 1. The Morgan fingerprint density at radius 2 is 2.20 bits per heavy atom. The molecule has 0 fully saturated rings. The van der Waals surface area contributed by atoms with E-state index in [0.717, 1.165) is 0 Å². The van der Waals surface area contributed by atoms with Crippen molar-refractivity contribution in [3.05, 3.63) is 11.1 Å². The number of aromatic nitrogens is 1. The van der Waals surface area contributed by atoms with E-state index >= 15 is 0 Å². The SMILES string of the molecule is CCNS(=O)(=O)CCNc1nc(CC(=O)OCC)cs1. The molecule has 0 aromatic carbocycles. The number of sulfonamides is 1. The molecule has 0 atom stereocenters. The molecule has 0 aliphatic rings. The quantitative estimate of drug-likeness (QED) is 0.646. The normalized spacial score (nSPS) is 11.3. The lowest BCUT2D eigenvalue weighted by atomic mass is 10.3. The third-order valence-corrected chi connectivity index (χ3v) is 4.51. The van der Waals surface area contributed by atoms with Crippen molar-refractivity contribution < 1.29 is 17.9 Å².